The highest BCUT2D eigenvalue weighted by atomic mass is 16.5. The van der Waals surface area contributed by atoms with Crippen LogP contribution in [0, 0.1) is 11.8 Å². The van der Waals surface area contributed by atoms with Crippen molar-refractivity contribution in [3.05, 3.63) is 0 Å². The molecule has 2 N–H and O–H groups in total. The summed E-state index contributed by atoms with van der Waals surface area (Å²) in [6, 6.07) is 0. The van der Waals surface area contributed by atoms with Crippen molar-refractivity contribution < 1.29 is 9.53 Å². The van der Waals surface area contributed by atoms with Crippen LogP contribution in [0.2, 0.25) is 0 Å². The van der Waals surface area contributed by atoms with Crippen LogP contribution in [0.5, 0.6) is 0 Å². The van der Waals surface area contributed by atoms with Gasteiger partial charge in [0.1, 0.15) is 0 Å². The van der Waals surface area contributed by atoms with Crippen LogP contribution in [0.15, 0.2) is 0 Å². The number of nitrogens with two attached hydrogens (primary N) is 1. The van der Waals surface area contributed by atoms with Crippen LogP contribution in [0.25, 0.3) is 0 Å². The number of piperidine rings is 1. The van der Waals surface area contributed by atoms with E-state index in [-0.39, 0.29) is 12.0 Å². The van der Waals surface area contributed by atoms with Gasteiger partial charge in [0.15, 0.2) is 0 Å². The van der Waals surface area contributed by atoms with Gasteiger partial charge in [0.25, 0.3) is 0 Å². The lowest BCUT2D eigenvalue weighted by molar-refractivity contribution is -0.135. The molecule has 0 saturated carbocycles. The zero-order valence-corrected chi connectivity index (χ0v) is 11.3. The second kappa shape index (κ2) is 6.97. The quantitative estimate of drug-likeness (QED) is 0.789. The number of rotatable bonds is 5. The first kappa shape index (κ1) is 14.5. The fourth-order valence-corrected chi connectivity index (χ4v) is 2.40. The van der Waals surface area contributed by atoms with Crippen molar-refractivity contribution in [3.63, 3.8) is 0 Å². The second-order valence-electron chi connectivity index (χ2n) is 5.26. The molecule has 0 aromatic heterocycles. The minimum absolute atomic E-state index is 0.134. The normalized spacial score (nSPS) is 19.7. The van der Waals surface area contributed by atoms with Gasteiger partial charge < -0.3 is 15.4 Å². The van der Waals surface area contributed by atoms with Crippen molar-refractivity contribution >= 4 is 5.91 Å². The fourth-order valence-electron chi connectivity index (χ4n) is 2.40. The summed E-state index contributed by atoms with van der Waals surface area (Å²) in [6.07, 6.45) is 2.54. The summed E-state index contributed by atoms with van der Waals surface area (Å²) >= 11 is 0. The zero-order chi connectivity index (χ0) is 12.8. The highest BCUT2D eigenvalue weighted by Gasteiger charge is 2.25. The number of methoxy groups -OCH3 is 1. The second-order valence-corrected chi connectivity index (χ2v) is 5.26. The van der Waals surface area contributed by atoms with E-state index in [1.54, 1.807) is 7.11 Å². The minimum Gasteiger partial charge on any atom is -0.380 e. The van der Waals surface area contributed by atoms with Crippen LogP contribution in [0.3, 0.4) is 0 Å². The Hall–Kier alpha value is -0.610. The van der Waals surface area contributed by atoms with Crippen molar-refractivity contribution in [2.24, 2.45) is 17.6 Å². The van der Waals surface area contributed by atoms with E-state index in [1.165, 1.54) is 0 Å². The molecule has 1 aliphatic heterocycles. The molecule has 1 atom stereocenters. The molecule has 0 aromatic rings. The predicted octanol–water partition coefficient (Wildman–Crippen LogP) is 1.24. The van der Waals surface area contributed by atoms with Crippen LogP contribution in [-0.4, -0.2) is 43.7 Å². The molecule has 0 aliphatic carbocycles. The maximum Gasteiger partial charge on any atom is 0.225 e. The predicted molar refractivity (Wildman–Crippen MR) is 68.6 cm³/mol. The van der Waals surface area contributed by atoms with Crippen molar-refractivity contribution in [2.45, 2.75) is 39.2 Å². The van der Waals surface area contributed by atoms with E-state index in [9.17, 15) is 4.79 Å². The van der Waals surface area contributed by atoms with E-state index in [0.717, 1.165) is 37.8 Å². The van der Waals surface area contributed by atoms with Crippen LogP contribution in [-0.2, 0) is 9.53 Å². The lowest BCUT2D eigenvalue weighted by Crippen LogP contribution is -2.41. The largest absolute Gasteiger partial charge is 0.380 e. The third-order valence-electron chi connectivity index (χ3n) is 3.83. The molecule has 1 rings (SSSR count). The van der Waals surface area contributed by atoms with Gasteiger partial charge >= 0.3 is 0 Å². The molecule has 4 heteroatoms. The topological polar surface area (TPSA) is 55.6 Å². The van der Waals surface area contributed by atoms with Crippen molar-refractivity contribution in [3.8, 4) is 0 Å². The molecule has 1 unspecified atom stereocenters. The Kier molecular flexibility index (Phi) is 5.92. The molecule has 4 nitrogen and oxygen atoms in total. The molecule has 0 aromatic carbocycles. The molecule has 17 heavy (non-hydrogen) atoms. The average Bonchev–Trinajstić information content (AvgIpc) is 2.35. The van der Waals surface area contributed by atoms with Gasteiger partial charge in [-0.25, -0.2) is 0 Å². The van der Waals surface area contributed by atoms with E-state index in [2.05, 4.69) is 13.8 Å². The smallest absolute Gasteiger partial charge is 0.225 e. The van der Waals surface area contributed by atoms with Gasteiger partial charge in [0.05, 0.1) is 12.5 Å². The van der Waals surface area contributed by atoms with E-state index in [0.29, 0.717) is 13.0 Å². The molecule has 1 saturated heterocycles. The number of likely N-dealkylation sites (tertiary alicyclic amines) is 1. The Morgan fingerprint density at radius 3 is 2.41 bits per heavy atom. The summed E-state index contributed by atoms with van der Waals surface area (Å²) in [6.45, 7) is 6.71. The molecule has 1 aliphatic rings. The number of ether oxygens (including phenoxy) is 1. The summed E-state index contributed by atoms with van der Waals surface area (Å²) < 4.78 is 5.15. The molecule has 1 amide bonds. The number of amides is 1. The maximum absolute atomic E-state index is 12.0. The first-order valence-corrected chi connectivity index (χ1v) is 6.59. The minimum atomic E-state index is -0.134. The summed E-state index contributed by atoms with van der Waals surface area (Å²) in [7, 11) is 1.61. The first-order valence-electron chi connectivity index (χ1n) is 6.59. The molecule has 0 bridgehead atoms. The standard InChI is InChI=1S/C13H26N2O2/c1-10(2)11-4-6-15(7-5-11)13(16)8-12(9-14)17-3/h10-12H,4-9,14H2,1-3H3. The Bertz CT molecular complexity index is 232. The van der Waals surface area contributed by atoms with E-state index >= 15 is 0 Å². The van der Waals surface area contributed by atoms with Crippen molar-refractivity contribution in [1.82, 2.24) is 4.90 Å². The Balaban J connectivity index is 2.35. The SMILES string of the molecule is COC(CN)CC(=O)N1CCC(C(C)C)CC1. The van der Waals surface area contributed by atoms with Crippen molar-refractivity contribution in [1.29, 1.82) is 0 Å². The van der Waals surface area contributed by atoms with E-state index < -0.39 is 0 Å². The monoisotopic (exact) mass is 242 g/mol. The highest BCUT2D eigenvalue weighted by molar-refractivity contribution is 5.76. The number of carbonyl (C=O) groups excluding carboxylic acids is 1. The average molecular weight is 242 g/mol. The molecule has 0 spiro atoms. The maximum atomic E-state index is 12.0. The van der Waals surface area contributed by atoms with Gasteiger partial charge in [-0.3, -0.25) is 4.79 Å². The van der Waals surface area contributed by atoms with E-state index in [4.69, 9.17) is 10.5 Å². The summed E-state index contributed by atoms with van der Waals surface area (Å²) in [5.41, 5.74) is 5.53. The fraction of sp³-hybridized carbons (Fsp3) is 0.923. The lowest BCUT2D eigenvalue weighted by atomic mass is 9.86. The van der Waals surface area contributed by atoms with Crippen LogP contribution in [0.1, 0.15) is 33.1 Å². The van der Waals surface area contributed by atoms with Gasteiger partial charge in [-0.05, 0) is 24.7 Å². The number of carbonyl (C=O) groups is 1. The van der Waals surface area contributed by atoms with Gasteiger partial charge in [0, 0.05) is 26.7 Å². The van der Waals surface area contributed by atoms with Crippen molar-refractivity contribution in [2.75, 3.05) is 26.7 Å². The third kappa shape index (κ3) is 4.28. The molecule has 0 radical (unpaired) electrons. The Morgan fingerprint density at radius 1 is 1.41 bits per heavy atom. The Morgan fingerprint density at radius 2 is 2.00 bits per heavy atom. The van der Waals surface area contributed by atoms with Crippen LogP contribution >= 0.6 is 0 Å². The molecule has 1 fully saturated rings. The summed E-state index contributed by atoms with van der Waals surface area (Å²) in [4.78, 5) is 14.0. The molecule has 1 heterocycles. The number of nitrogens with zero attached hydrogens (tertiary/aromatic N) is 1. The van der Waals surface area contributed by atoms with Crippen LogP contribution in [0.4, 0.5) is 0 Å². The number of hydrogen-bond acceptors (Lipinski definition) is 3. The van der Waals surface area contributed by atoms with Gasteiger partial charge in [-0.2, -0.15) is 0 Å². The first-order chi connectivity index (χ1) is 8.08. The molecular weight excluding hydrogens is 216 g/mol. The zero-order valence-electron chi connectivity index (χ0n) is 11.3. The van der Waals surface area contributed by atoms with E-state index in [1.807, 2.05) is 4.90 Å². The third-order valence-corrected chi connectivity index (χ3v) is 3.83. The van der Waals surface area contributed by atoms with Crippen LogP contribution < -0.4 is 5.73 Å². The van der Waals surface area contributed by atoms with Gasteiger partial charge in [-0.15, -0.1) is 0 Å². The molecule has 100 valence electrons. The molecular formula is C13H26N2O2. The summed E-state index contributed by atoms with van der Waals surface area (Å²) in [5.74, 6) is 1.68. The number of hydrogen-bond donors (Lipinski definition) is 1. The lowest BCUT2D eigenvalue weighted by Gasteiger charge is -2.34. The highest BCUT2D eigenvalue weighted by Crippen LogP contribution is 2.24. The van der Waals surface area contributed by atoms with Gasteiger partial charge in [0.2, 0.25) is 5.91 Å². The Labute approximate surface area is 104 Å². The summed E-state index contributed by atoms with van der Waals surface area (Å²) in [5, 5.41) is 0. The van der Waals surface area contributed by atoms with Gasteiger partial charge in [-0.1, -0.05) is 13.8 Å².